The van der Waals surface area contributed by atoms with Crippen molar-refractivity contribution < 1.29 is 19.0 Å². The lowest BCUT2D eigenvalue weighted by Gasteiger charge is -2.30. The minimum absolute atomic E-state index is 0.0278. The molecule has 0 spiro atoms. The van der Waals surface area contributed by atoms with E-state index in [4.69, 9.17) is 0 Å². The van der Waals surface area contributed by atoms with Crippen LogP contribution in [0.2, 0.25) is 0 Å². The number of nitrogens with zero attached hydrogens (tertiary/aromatic N) is 1. The van der Waals surface area contributed by atoms with Gasteiger partial charge in [-0.05, 0) is 17.7 Å². The third-order valence-corrected chi connectivity index (χ3v) is 6.20. The van der Waals surface area contributed by atoms with E-state index in [-0.39, 0.29) is 17.3 Å². The molecule has 2 atom stereocenters. The normalized spacial score (nSPS) is 17.7. The summed E-state index contributed by atoms with van der Waals surface area (Å²) in [7, 11) is -3.77. The van der Waals surface area contributed by atoms with Crippen LogP contribution in [0, 0.1) is 0 Å². The molecular formula is C17H16NO4P. The Bertz CT molecular complexity index is 783. The molecule has 2 aromatic carbocycles. The summed E-state index contributed by atoms with van der Waals surface area (Å²) in [4.78, 5) is 36.7. The highest BCUT2D eigenvalue weighted by molar-refractivity contribution is 7.58. The quantitative estimate of drug-likeness (QED) is 0.690. The van der Waals surface area contributed by atoms with E-state index in [9.17, 15) is 19.0 Å². The van der Waals surface area contributed by atoms with Crippen molar-refractivity contribution in [3.63, 3.8) is 0 Å². The van der Waals surface area contributed by atoms with Crippen molar-refractivity contribution in [2.75, 3.05) is 6.16 Å². The Morgan fingerprint density at radius 1 is 0.957 bits per heavy atom. The first-order valence-corrected chi connectivity index (χ1v) is 9.22. The highest BCUT2D eigenvalue weighted by Crippen LogP contribution is 2.58. The second-order valence-corrected chi connectivity index (χ2v) is 8.01. The predicted molar refractivity (Wildman–Crippen MR) is 86.5 cm³/mol. The van der Waals surface area contributed by atoms with Crippen LogP contribution in [-0.4, -0.2) is 27.8 Å². The molecule has 5 nitrogen and oxygen atoms in total. The first kappa shape index (κ1) is 15.7. The van der Waals surface area contributed by atoms with E-state index < -0.39 is 25.0 Å². The Labute approximate surface area is 134 Å². The molecule has 1 heterocycles. The Balaban J connectivity index is 2.15. The third kappa shape index (κ3) is 2.52. The SMILES string of the molecule is CCP(=O)(O)C(c1ccccc1)N1C(=O)c2ccccc2C1=O. The number of hydrogen-bond donors (Lipinski definition) is 1. The summed E-state index contributed by atoms with van der Waals surface area (Å²) < 4.78 is 12.7. The summed E-state index contributed by atoms with van der Waals surface area (Å²) in [6.07, 6.45) is -0.0278. The Kier molecular flexibility index (Phi) is 3.92. The van der Waals surface area contributed by atoms with Crippen molar-refractivity contribution in [1.82, 2.24) is 4.90 Å². The van der Waals surface area contributed by atoms with E-state index in [0.717, 1.165) is 4.90 Å². The molecule has 118 valence electrons. The van der Waals surface area contributed by atoms with E-state index in [0.29, 0.717) is 5.56 Å². The van der Waals surface area contributed by atoms with Crippen LogP contribution in [0.25, 0.3) is 0 Å². The molecule has 0 aromatic heterocycles. The molecule has 1 aliphatic rings. The topological polar surface area (TPSA) is 74.7 Å². The molecular weight excluding hydrogens is 313 g/mol. The number of benzene rings is 2. The summed E-state index contributed by atoms with van der Waals surface area (Å²) in [5.41, 5.74) is 1.03. The van der Waals surface area contributed by atoms with Crippen LogP contribution in [0.1, 0.15) is 39.0 Å². The van der Waals surface area contributed by atoms with Gasteiger partial charge in [-0.25, -0.2) is 0 Å². The fourth-order valence-electron chi connectivity index (χ4n) is 2.79. The molecule has 0 saturated heterocycles. The molecule has 0 saturated carbocycles. The summed E-state index contributed by atoms with van der Waals surface area (Å²) in [6.45, 7) is 1.58. The van der Waals surface area contributed by atoms with Gasteiger partial charge in [-0.3, -0.25) is 19.1 Å². The van der Waals surface area contributed by atoms with Crippen molar-refractivity contribution in [2.45, 2.75) is 12.7 Å². The summed E-state index contributed by atoms with van der Waals surface area (Å²) in [5, 5.41) is 0. The molecule has 2 aromatic rings. The average molecular weight is 329 g/mol. The molecule has 23 heavy (non-hydrogen) atoms. The smallest absolute Gasteiger partial charge is 0.262 e. The number of carbonyl (C=O) groups is 2. The second kappa shape index (κ2) is 5.76. The van der Waals surface area contributed by atoms with Crippen LogP contribution in [0.5, 0.6) is 0 Å². The number of hydrogen-bond acceptors (Lipinski definition) is 3. The van der Waals surface area contributed by atoms with Crippen molar-refractivity contribution in [2.24, 2.45) is 0 Å². The molecule has 3 rings (SSSR count). The van der Waals surface area contributed by atoms with Gasteiger partial charge >= 0.3 is 0 Å². The van der Waals surface area contributed by atoms with Crippen molar-refractivity contribution >= 4 is 19.2 Å². The first-order chi connectivity index (χ1) is 11.0. The van der Waals surface area contributed by atoms with Crippen molar-refractivity contribution in [1.29, 1.82) is 0 Å². The number of rotatable bonds is 4. The molecule has 0 radical (unpaired) electrons. The Hall–Kier alpha value is -2.23. The zero-order valence-corrected chi connectivity index (χ0v) is 13.4. The van der Waals surface area contributed by atoms with Gasteiger partial charge in [-0.2, -0.15) is 0 Å². The zero-order valence-electron chi connectivity index (χ0n) is 12.5. The maximum Gasteiger partial charge on any atom is 0.262 e. The van der Waals surface area contributed by atoms with E-state index >= 15 is 0 Å². The molecule has 2 amide bonds. The van der Waals surface area contributed by atoms with E-state index in [1.165, 1.54) is 0 Å². The summed E-state index contributed by atoms with van der Waals surface area (Å²) >= 11 is 0. The predicted octanol–water partition coefficient (Wildman–Crippen LogP) is 3.27. The van der Waals surface area contributed by atoms with Gasteiger partial charge in [0.25, 0.3) is 11.8 Å². The molecule has 6 heteroatoms. The van der Waals surface area contributed by atoms with Gasteiger partial charge in [0.2, 0.25) is 7.37 Å². The van der Waals surface area contributed by atoms with E-state index in [1.807, 2.05) is 0 Å². The minimum Gasteiger partial charge on any atom is -0.343 e. The lowest BCUT2D eigenvalue weighted by molar-refractivity contribution is 0.0623. The lowest BCUT2D eigenvalue weighted by atomic mass is 10.1. The fourth-order valence-corrected chi connectivity index (χ4v) is 4.35. The number of carbonyl (C=O) groups excluding carboxylic acids is 2. The van der Waals surface area contributed by atoms with Gasteiger partial charge in [0.1, 0.15) is 5.78 Å². The van der Waals surface area contributed by atoms with Gasteiger partial charge in [0.15, 0.2) is 0 Å². The van der Waals surface area contributed by atoms with E-state index in [2.05, 4.69) is 0 Å². The van der Waals surface area contributed by atoms with Crippen LogP contribution < -0.4 is 0 Å². The van der Waals surface area contributed by atoms with Crippen molar-refractivity contribution in [3.8, 4) is 0 Å². The van der Waals surface area contributed by atoms with Gasteiger partial charge in [0.05, 0.1) is 11.1 Å². The van der Waals surface area contributed by atoms with Crippen LogP contribution >= 0.6 is 7.37 Å². The summed E-state index contributed by atoms with van der Waals surface area (Å²) in [6, 6.07) is 15.0. The molecule has 0 aliphatic carbocycles. The first-order valence-electron chi connectivity index (χ1n) is 7.30. The maximum atomic E-state index is 12.7. The van der Waals surface area contributed by atoms with Crippen LogP contribution in [0.15, 0.2) is 54.6 Å². The van der Waals surface area contributed by atoms with Gasteiger partial charge < -0.3 is 4.89 Å². The Morgan fingerprint density at radius 3 is 1.91 bits per heavy atom. The number of imide groups is 1. The van der Waals surface area contributed by atoms with Gasteiger partial charge in [-0.1, -0.05) is 49.4 Å². The van der Waals surface area contributed by atoms with Crippen LogP contribution in [0.4, 0.5) is 0 Å². The highest BCUT2D eigenvalue weighted by atomic mass is 31.2. The molecule has 2 unspecified atom stereocenters. The van der Waals surface area contributed by atoms with Gasteiger partial charge in [0, 0.05) is 6.16 Å². The molecule has 1 N–H and O–H groups in total. The second-order valence-electron chi connectivity index (χ2n) is 5.38. The van der Waals surface area contributed by atoms with Crippen molar-refractivity contribution in [3.05, 3.63) is 71.3 Å². The number of amides is 2. The van der Waals surface area contributed by atoms with Crippen LogP contribution in [-0.2, 0) is 4.57 Å². The standard InChI is InChI=1S/C17H16NO4P/c1-2-23(21,22)17(12-8-4-3-5-9-12)18-15(19)13-10-6-7-11-14(13)16(18)20/h3-11,17H,2H2,1H3,(H,21,22). The van der Waals surface area contributed by atoms with Gasteiger partial charge in [-0.15, -0.1) is 0 Å². The molecule has 0 bridgehead atoms. The lowest BCUT2D eigenvalue weighted by Crippen LogP contribution is -2.34. The fraction of sp³-hybridized carbons (Fsp3) is 0.176. The monoisotopic (exact) mass is 329 g/mol. The third-order valence-electron chi connectivity index (χ3n) is 4.00. The minimum atomic E-state index is -3.77. The largest absolute Gasteiger partial charge is 0.343 e. The maximum absolute atomic E-state index is 12.7. The van der Waals surface area contributed by atoms with E-state index in [1.54, 1.807) is 61.5 Å². The highest BCUT2D eigenvalue weighted by Gasteiger charge is 2.46. The average Bonchev–Trinajstić information content (AvgIpc) is 2.82. The zero-order chi connectivity index (χ0) is 16.6. The molecule has 1 aliphatic heterocycles. The van der Waals surface area contributed by atoms with Crippen LogP contribution in [0.3, 0.4) is 0 Å². The molecule has 0 fully saturated rings. The number of fused-ring (bicyclic) bond motifs is 1. The Morgan fingerprint density at radius 2 is 1.43 bits per heavy atom. The summed E-state index contributed by atoms with van der Waals surface area (Å²) in [5.74, 6) is -2.22.